The minimum atomic E-state index is -4.62. The van der Waals surface area contributed by atoms with Crippen LogP contribution in [0.1, 0.15) is 16.9 Å². The van der Waals surface area contributed by atoms with E-state index in [0.717, 1.165) is 12.1 Å². The number of nitrogens with zero attached hydrogens (tertiary/aromatic N) is 2. The largest absolute Gasteiger partial charge is 0.388 e. The van der Waals surface area contributed by atoms with Crippen molar-refractivity contribution in [1.29, 1.82) is 5.26 Å². The van der Waals surface area contributed by atoms with Gasteiger partial charge in [-0.05, 0) is 36.2 Å². The second-order valence-electron chi connectivity index (χ2n) is 5.94. The third kappa shape index (κ3) is 3.38. The molecule has 0 radical (unpaired) electrons. The molecular weight excluding hydrogens is 392 g/mol. The van der Waals surface area contributed by atoms with Gasteiger partial charge in [0.2, 0.25) is 10.0 Å². The zero-order chi connectivity index (χ0) is 20.6. The lowest BCUT2D eigenvalue weighted by molar-refractivity contribution is 0.230. The number of aryl methyl sites for hydroxylation is 1. The molecule has 144 valence electrons. The minimum absolute atomic E-state index is 0.0639. The van der Waals surface area contributed by atoms with Crippen LogP contribution in [0, 0.1) is 29.9 Å². The first kappa shape index (κ1) is 19.6. The van der Waals surface area contributed by atoms with Crippen molar-refractivity contribution in [2.45, 2.75) is 18.4 Å². The lowest BCUT2D eigenvalue weighted by Gasteiger charge is -2.08. The predicted octanol–water partition coefficient (Wildman–Crippen LogP) is 2.61. The molecule has 0 saturated carbocycles. The highest BCUT2D eigenvalue weighted by Crippen LogP contribution is 2.37. The minimum Gasteiger partial charge on any atom is -0.388 e. The van der Waals surface area contributed by atoms with E-state index in [9.17, 15) is 27.6 Å². The normalized spacial score (nSPS) is 11.4. The summed E-state index contributed by atoms with van der Waals surface area (Å²) in [5.74, 6) is -2.87. The molecule has 3 N–H and O–H groups in total. The topological polar surface area (TPSA) is 130 Å². The maximum absolute atomic E-state index is 14.3. The summed E-state index contributed by atoms with van der Waals surface area (Å²) in [4.78, 5) is -1.26. The number of nitriles is 1. The van der Waals surface area contributed by atoms with Gasteiger partial charge in [-0.15, -0.1) is 0 Å². The summed E-state index contributed by atoms with van der Waals surface area (Å²) in [6, 6.07) is 8.35. The number of benzene rings is 2. The molecule has 0 amide bonds. The van der Waals surface area contributed by atoms with Crippen LogP contribution in [-0.2, 0) is 16.6 Å². The number of rotatable bonds is 4. The summed E-state index contributed by atoms with van der Waals surface area (Å²) in [5, 5.41) is 27.4. The summed E-state index contributed by atoms with van der Waals surface area (Å²) >= 11 is 0. The van der Waals surface area contributed by atoms with Crippen LogP contribution in [0.5, 0.6) is 0 Å². The first-order valence-corrected chi connectivity index (χ1v) is 9.34. The van der Waals surface area contributed by atoms with Crippen LogP contribution in [0.4, 0.5) is 8.78 Å². The Bertz CT molecular complexity index is 1210. The Balaban J connectivity index is 2.27. The van der Waals surface area contributed by atoms with Gasteiger partial charge in [-0.25, -0.2) is 22.3 Å². The van der Waals surface area contributed by atoms with E-state index in [-0.39, 0.29) is 22.6 Å². The maximum atomic E-state index is 14.3. The fourth-order valence-electron chi connectivity index (χ4n) is 2.79. The number of primary sulfonamides is 1. The Morgan fingerprint density at radius 1 is 1.21 bits per heavy atom. The van der Waals surface area contributed by atoms with Gasteiger partial charge in [-0.1, -0.05) is 17.3 Å². The molecule has 3 rings (SSSR count). The zero-order valence-electron chi connectivity index (χ0n) is 14.4. The molecule has 0 fully saturated rings. The summed E-state index contributed by atoms with van der Waals surface area (Å²) in [6.07, 6.45) is 0. The van der Waals surface area contributed by atoms with Gasteiger partial charge >= 0.3 is 0 Å². The molecule has 1 heterocycles. The molecular formula is C18H13F2N3O4S. The van der Waals surface area contributed by atoms with E-state index in [0.29, 0.717) is 16.7 Å². The SMILES string of the molecule is Cc1ccc(-c2noc(CO)c2-c2cc(F)c(S(N)(=O)=O)c(F)c2)cc1C#N. The van der Waals surface area contributed by atoms with Gasteiger partial charge in [0.1, 0.15) is 23.9 Å². The number of halogens is 2. The third-order valence-corrected chi connectivity index (χ3v) is 5.07. The number of aliphatic hydroxyl groups excluding tert-OH is 1. The highest BCUT2D eigenvalue weighted by Gasteiger charge is 2.25. The number of nitrogens with two attached hydrogens (primary N) is 1. The summed E-state index contributed by atoms with van der Waals surface area (Å²) in [5.41, 5.74) is 1.57. The number of aromatic nitrogens is 1. The lowest BCUT2D eigenvalue weighted by Crippen LogP contribution is -2.16. The second kappa shape index (κ2) is 7.12. The second-order valence-corrected chi connectivity index (χ2v) is 7.44. The van der Waals surface area contributed by atoms with Gasteiger partial charge in [0.15, 0.2) is 10.7 Å². The van der Waals surface area contributed by atoms with Crippen LogP contribution in [0.3, 0.4) is 0 Å². The number of hydrogen-bond acceptors (Lipinski definition) is 6. The van der Waals surface area contributed by atoms with E-state index in [1.165, 1.54) is 6.07 Å². The molecule has 0 saturated heterocycles. The van der Waals surface area contributed by atoms with E-state index in [1.807, 2.05) is 6.07 Å². The first-order valence-electron chi connectivity index (χ1n) is 7.80. The summed E-state index contributed by atoms with van der Waals surface area (Å²) < 4.78 is 56.4. The summed E-state index contributed by atoms with van der Waals surface area (Å²) in [6.45, 7) is 1.11. The van der Waals surface area contributed by atoms with Gasteiger partial charge in [0, 0.05) is 5.56 Å². The summed E-state index contributed by atoms with van der Waals surface area (Å²) in [7, 11) is -4.62. The number of hydrogen-bond donors (Lipinski definition) is 2. The van der Waals surface area contributed by atoms with E-state index >= 15 is 0 Å². The standard InChI is InChI=1S/C18H13F2N3O4S/c1-9-2-3-10(4-12(9)7-21)17-16(15(8-24)27-23-17)11-5-13(19)18(14(20)6-11)28(22,25)26/h2-6,24H,8H2,1H3,(H2,22,25,26). The zero-order valence-corrected chi connectivity index (χ0v) is 15.2. The fourth-order valence-corrected chi connectivity index (χ4v) is 3.45. The Labute approximate surface area is 158 Å². The molecule has 0 aliphatic heterocycles. The van der Waals surface area contributed by atoms with Crippen molar-refractivity contribution in [1.82, 2.24) is 5.16 Å². The first-order chi connectivity index (χ1) is 13.2. The van der Waals surface area contributed by atoms with Crippen molar-refractivity contribution < 1.29 is 26.8 Å². The van der Waals surface area contributed by atoms with Crippen LogP contribution in [0.2, 0.25) is 0 Å². The molecule has 2 aromatic carbocycles. The van der Waals surface area contributed by atoms with E-state index in [4.69, 9.17) is 9.66 Å². The van der Waals surface area contributed by atoms with Gasteiger partial charge in [-0.3, -0.25) is 0 Å². The van der Waals surface area contributed by atoms with Crippen molar-refractivity contribution in [2.24, 2.45) is 5.14 Å². The Morgan fingerprint density at radius 2 is 1.86 bits per heavy atom. The molecule has 0 atom stereocenters. The Morgan fingerprint density at radius 3 is 2.39 bits per heavy atom. The van der Waals surface area contributed by atoms with Gasteiger partial charge in [0.05, 0.1) is 17.2 Å². The third-order valence-electron chi connectivity index (χ3n) is 4.11. The molecule has 0 spiro atoms. The smallest absolute Gasteiger partial charge is 0.243 e. The van der Waals surface area contributed by atoms with Crippen LogP contribution in [0.15, 0.2) is 39.8 Å². The highest BCUT2D eigenvalue weighted by atomic mass is 32.2. The van der Waals surface area contributed by atoms with Crippen LogP contribution in [-0.4, -0.2) is 18.7 Å². The van der Waals surface area contributed by atoms with Gasteiger partial charge in [0.25, 0.3) is 0 Å². The maximum Gasteiger partial charge on any atom is 0.243 e. The Kier molecular flexibility index (Phi) is 4.99. The molecule has 0 unspecified atom stereocenters. The molecule has 28 heavy (non-hydrogen) atoms. The van der Waals surface area contributed by atoms with E-state index in [2.05, 4.69) is 5.16 Å². The molecule has 0 aliphatic carbocycles. The van der Waals surface area contributed by atoms with Crippen LogP contribution < -0.4 is 5.14 Å². The quantitative estimate of drug-likeness (QED) is 0.686. The molecule has 0 aliphatic rings. The average Bonchev–Trinajstić information content (AvgIpc) is 3.04. The molecule has 1 aromatic heterocycles. The number of aliphatic hydroxyl groups is 1. The molecule has 3 aromatic rings. The fraction of sp³-hybridized carbons (Fsp3) is 0.111. The van der Waals surface area contributed by atoms with Crippen LogP contribution in [0.25, 0.3) is 22.4 Å². The average molecular weight is 405 g/mol. The Hall–Kier alpha value is -3.13. The molecule has 0 bridgehead atoms. The molecule has 10 heteroatoms. The van der Waals surface area contributed by atoms with Gasteiger partial charge in [-0.2, -0.15) is 5.26 Å². The highest BCUT2D eigenvalue weighted by molar-refractivity contribution is 7.89. The van der Waals surface area contributed by atoms with Crippen LogP contribution >= 0.6 is 0 Å². The van der Waals surface area contributed by atoms with Gasteiger partial charge < -0.3 is 9.63 Å². The van der Waals surface area contributed by atoms with Crippen molar-refractivity contribution in [2.75, 3.05) is 0 Å². The van der Waals surface area contributed by atoms with E-state index in [1.54, 1.807) is 19.1 Å². The van der Waals surface area contributed by atoms with E-state index < -0.39 is 33.2 Å². The van der Waals surface area contributed by atoms with Crippen molar-refractivity contribution in [3.05, 3.63) is 58.9 Å². The number of sulfonamides is 1. The molecule has 7 nitrogen and oxygen atoms in total. The monoisotopic (exact) mass is 405 g/mol. The predicted molar refractivity (Wildman–Crippen MR) is 94.0 cm³/mol. The lowest BCUT2D eigenvalue weighted by atomic mass is 9.97. The van der Waals surface area contributed by atoms with Crippen molar-refractivity contribution in [3.63, 3.8) is 0 Å². The van der Waals surface area contributed by atoms with Crippen molar-refractivity contribution in [3.8, 4) is 28.5 Å². The van der Waals surface area contributed by atoms with Crippen molar-refractivity contribution >= 4 is 10.0 Å².